The molecule has 1 aromatic rings. The standard InChI is InChI=1S/C17H22FN3O3/c1-12(2)21-15(22)17(19-16(21)23)7-8-20(11-17)9-10-24-14-5-3-13(18)4-6-14/h3-6,12H,7-11H2,1-2H3,(H,19,23)/t17-/m1/s1. The van der Waals surface area contributed by atoms with E-state index in [2.05, 4.69) is 10.2 Å². The van der Waals surface area contributed by atoms with Crippen LogP contribution in [-0.2, 0) is 4.79 Å². The molecule has 0 aromatic heterocycles. The fraction of sp³-hybridized carbons (Fsp3) is 0.529. The SMILES string of the molecule is CC(C)N1C(=O)N[C@@]2(CCN(CCOc3ccc(F)cc3)C2)C1=O. The number of benzene rings is 1. The number of hydrogen-bond acceptors (Lipinski definition) is 4. The molecule has 0 unspecified atom stereocenters. The number of halogens is 1. The van der Waals surface area contributed by atoms with Gasteiger partial charge in [-0.1, -0.05) is 0 Å². The lowest BCUT2D eigenvalue weighted by Crippen LogP contribution is -2.49. The third-order valence-corrected chi connectivity index (χ3v) is 4.55. The first kappa shape index (κ1) is 16.7. The molecule has 6 nitrogen and oxygen atoms in total. The monoisotopic (exact) mass is 335 g/mol. The van der Waals surface area contributed by atoms with Crippen LogP contribution in [0.4, 0.5) is 9.18 Å². The van der Waals surface area contributed by atoms with Gasteiger partial charge in [0.15, 0.2) is 0 Å². The minimum Gasteiger partial charge on any atom is -0.492 e. The van der Waals surface area contributed by atoms with Crippen LogP contribution in [0.25, 0.3) is 0 Å². The summed E-state index contributed by atoms with van der Waals surface area (Å²) in [4.78, 5) is 28.1. The van der Waals surface area contributed by atoms with Crippen molar-refractivity contribution >= 4 is 11.9 Å². The largest absolute Gasteiger partial charge is 0.492 e. The molecular formula is C17H22FN3O3. The quantitative estimate of drug-likeness (QED) is 0.831. The minimum absolute atomic E-state index is 0.135. The Balaban J connectivity index is 1.53. The Hall–Kier alpha value is -2.15. The van der Waals surface area contributed by atoms with Gasteiger partial charge in [0.1, 0.15) is 23.7 Å². The Morgan fingerprint density at radius 3 is 2.62 bits per heavy atom. The van der Waals surface area contributed by atoms with Crippen LogP contribution in [-0.4, -0.2) is 59.6 Å². The van der Waals surface area contributed by atoms with Crippen molar-refractivity contribution in [3.05, 3.63) is 30.1 Å². The third kappa shape index (κ3) is 3.08. The Labute approximate surface area is 140 Å². The number of nitrogens with one attached hydrogen (secondary N) is 1. The highest BCUT2D eigenvalue weighted by Crippen LogP contribution is 2.29. The fourth-order valence-electron chi connectivity index (χ4n) is 3.29. The average Bonchev–Trinajstić information content (AvgIpc) is 3.03. The van der Waals surface area contributed by atoms with Gasteiger partial charge in [0.25, 0.3) is 5.91 Å². The highest BCUT2D eigenvalue weighted by atomic mass is 19.1. The van der Waals surface area contributed by atoms with Gasteiger partial charge in [0.2, 0.25) is 0 Å². The lowest BCUT2D eigenvalue weighted by molar-refractivity contribution is -0.132. The third-order valence-electron chi connectivity index (χ3n) is 4.55. The van der Waals surface area contributed by atoms with Gasteiger partial charge < -0.3 is 10.1 Å². The molecule has 2 heterocycles. The normalized spacial score (nSPS) is 24.2. The van der Waals surface area contributed by atoms with Gasteiger partial charge in [-0.05, 0) is 44.5 Å². The molecule has 24 heavy (non-hydrogen) atoms. The van der Waals surface area contributed by atoms with Gasteiger partial charge in [0.05, 0.1) is 0 Å². The summed E-state index contributed by atoms with van der Waals surface area (Å²) < 4.78 is 18.4. The van der Waals surface area contributed by atoms with Crippen LogP contribution >= 0.6 is 0 Å². The van der Waals surface area contributed by atoms with Crippen LogP contribution in [0.3, 0.4) is 0 Å². The Kier molecular flexibility index (Phi) is 4.45. The van der Waals surface area contributed by atoms with Crippen molar-refractivity contribution in [2.45, 2.75) is 31.8 Å². The van der Waals surface area contributed by atoms with Crippen LogP contribution in [0.2, 0.25) is 0 Å². The number of likely N-dealkylation sites (tertiary alicyclic amines) is 1. The van der Waals surface area contributed by atoms with Gasteiger partial charge in [-0.25, -0.2) is 9.18 Å². The van der Waals surface area contributed by atoms with Gasteiger partial charge in [0, 0.05) is 25.7 Å². The molecule has 2 saturated heterocycles. The van der Waals surface area contributed by atoms with Crippen LogP contribution in [0.5, 0.6) is 5.75 Å². The average molecular weight is 335 g/mol. The second kappa shape index (κ2) is 6.39. The van der Waals surface area contributed by atoms with Crippen molar-refractivity contribution in [1.29, 1.82) is 0 Å². The molecule has 1 spiro atoms. The maximum absolute atomic E-state index is 12.8. The van der Waals surface area contributed by atoms with Gasteiger partial charge in [-0.3, -0.25) is 14.6 Å². The van der Waals surface area contributed by atoms with E-state index in [9.17, 15) is 14.0 Å². The Morgan fingerprint density at radius 1 is 1.29 bits per heavy atom. The number of amides is 3. The van der Waals surface area contributed by atoms with E-state index in [0.29, 0.717) is 31.9 Å². The number of carbonyl (C=O) groups excluding carboxylic acids is 2. The summed E-state index contributed by atoms with van der Waals surface area (Å²) in [5.41, 5.74) is -0.794. The molecule has 1 atom stereocenters. The van der Waals surface area contributed by atoms with Crippen LogP contribution < -0.4 is 10.1 Å². The van der Waals surface area contributed by atoms with Crippen LogP contribution in [0.1, 0.15) is 20.3 Å². The topological polar surface area (TPSA) is 61.9 Å². The van der Waals surface area contributed by atoms with Crippen LogP contribution in [0.15, 0.2) is 24.3 Å². The lowest BCUT2D eigenvalue weighted by atomic mass is 9.99. The number of hydrogen-bond donors (Lipinski definition) is 1. The first-order chi connectivity index (χ1) is 11.4. The number of nitrogens with zero attached hydrogens (tertiary/aromatic N) is 2. The molecule has 1 N–H and O–H groups in total. The maximum atomic E-state index is 12.8. The number of urea groups is 1. The van der Waals surface area contributed by atoms with E-state index < -0.39 is 5.54 Å². The molecule has 130 valence electrons. The highest BCUT2D eigenvalue weighted by Gasteiger charge is 2.55. The summed E-state index contributed by atoms with van der Waals surface area (Å²) in [5.74, 6) is 0.181. The molecular weight excluding hydrogens is 313 g/mol. The molecule has 0 saturated carbocycles. The first-order valence-corrected chi connectivity index (χ1v) is 8.18. The summed E-state index contributed by atoms with van der Waals surface area (Å²) in [5, 5.41) is 2.87. The van der Waals surface area contributed by atoms with Crippen molar-refractivity contribution in [2.75, 3.05) is 26.2 Å². The van der Waals surface area contributed by atoms with E-state index in [1.165, 1.54) is 17.0 Å². The number of imide groups is 1. The molecule has 2 fully saturated rings. The zero-order chi connectivity index (χ0) is 17.3. The zero-order valence-corrected chi connectivity index (χ0v) is 13.9. The van der Waals surface area contributed by atoms with Gasteiger partial charge in [-0.2, -0.15) is 0 Å². The van der Waals surface area contributed by atoms with E-state index in [0.717, 1.165) is 6.54 Å². The summed E-state index contributed by atoms with van der Waals surface area (Å²) in [7, 11) is 0. The van der Waals surface area contributed by atoms with E-state index in [1.54, 1.807) is 12.1 Å². The van der Waals surface area contributed by atoms with E-state index in [1.807, 2.05) is 13.8 Å². The summed E-state index contributed by atoms with van der Waals surface area (Å²) in [6.45, 7) is 5.97. The highest BCUT2D eigenvalue weighted by molar-refractivity contribution is 6.07. The predicted octanol–water partition coefficient (Wildman–Crippen LogP) is 1.61. The van der Waals surface area contributed by atoms with E-state index >= 15 is 0 Å². The molecule has 0 bridgehead atoms. The number of carbonyl (C=O) groups is 2. The second-order valence-corrected chi connectivity index (χ2v) is 6.61. The van der Waals surface area contributed by atoms with Crippen molar-refractivity contribution in [3.63, 3.8) is 0 Å². The predicted molar refractivity (Wildman–Crippen MR) is 86.2 cm³/mol. The molecule has 2 aliphatic heterocycles. The molecule has 7 heteroatoms. The summed E-state index contributed by atoms with van der Waals surface area (Å²) in [6, 6.07) is 5.43. The Bertz CT molecular complexity index is 634. The van der Waals surface area contributed by atoms with Crippen molar-refractivity contribution in [3.8, 4) is 5.75 Å². The van der Waals surface area contributed by atoms with Gasteiger partial charge in [-0.15, -0.1) is 0 Å². The number of ether oxygens (including phenoxy) is 1. The van der Waals surface area contributed by atoms with E-state index in [4.69, 9.17) is 4.74 Å². The summed E-state index contributed by atoms with van der Waals surface area (Å²) in [6.07, 6.45) is 0.608. The van der Waals surface area contributed by atoms with Gasteiger partial charge >= 0.3 is 6.03 Å². The molecule has 1 aromatic carbocycles. The smallest absolute Gasteiger partial charge is 0.325 e. The zero-order valence-electron chi connectivity index (χ0n) is 13.9. The minimum atomic E-state index is -0.794. The summed E-state index contributed by atoms with van der Waals surface area (Å²) >= 11 is 0. The van der Waals surface area contributed by atoms with Crippen molar-refractivity contribution in [2.24, 2.45) is 0 Å². The lowest BCUT2D eigenvalue weighted by Gasteiger charge is -2.23. The maximum Gasteiger partial charge on any atom is 0.325 e. The fourth-order valence-corrected chi connectivity index (χ4v) is 3.29. The molecule has 0 aliphatic carbocycles. The molecule has 3 rings (SSSR count). The number of rotatable bonds is 5. The van der Waals surface area contributed by atoms with Crippen LogP contribution in [0, 0.1) is 5.82 Å². The van der Waals surface area contributed by atoms with Crippen molar-refractivity contribution < 1.29 is 18.7 Å². The van der Waals surface area contributed by atoms with E-state index in [-0.39, 0.29) is 23.8 Å². The second-order valence-electron chi connectivity index (χ2n) is 6.61. The van der Waals surface area contributed by atoms with Crippen molar-refractivity contribution in [1.82, 2.24) is 15.1 Å². The first-order valence-electron chi connectivity index (χ1n) is 8.18. The molecule has 0 radical (unpaired) electrons. The molecule has 2 aliphatic rings. The Morgan fingerprint density at radius 2 is 2.00 bits per heavy atom. The molecule has 3 amide bonds.